The number of nitrogens with zero attached hydrogens (tertiary/aromatic N) is 4. The molecule has 9 rings (SSSR count). The van der Waals surface area contributed by atoms with E-state index in [-0.39, 0.29) is 47.6 Å². The lowest BCUT2D eigenvalue weighted by Gasteiger charge is -2.40. The molecule has 4 fully saturated rings. The smallest absolute Gasteiger partial charge is 0.262 e. The first-order valence-corrected chi connectivity index (χ1v) is 20.9. The van der Waals surface area contributed by atoms with Crippen LogP contribution >= 0.6 is 11.6 Å². The van der Waals surface area contributed by atoms with Crippen molar-refractivity contribution in [3.63, 3.8) is 0 Å². The number of halogens is 2. The van der Waals surface area contributed by atoms with E-state index in [4.69, 9.17) is 11.6 Å². The molecule has 5 aliphatic rings. The van der Waals surface area contributed by atoms with Gasteiger partial charge in [-0.1, -0.05) is 36.4 Å². The number of piperazine rings is 1. The molecule has 0 aliphatic carbocycles. The average molecular weight is 818 g/mol. The Morgan fingerprint density at radius 1 is 0.763 bits per heavy atom. The third kappa shape index (κ3) is 7.33. The minimum absolute atomic E-state index is 0.0214. The normalized spacial score (nSPS) is 22.6. The van der Waals surface area contributed by atoms with Crippen molar-refractivity contribution in [3.8, 4) is 11.5 Å². The number of amides is 4. The van der Waals surface area contributed by atoms with Gasteiger partial charge in [-0.05, 0) is 114 Å². The van der Waals surface area contributed by atoms with Gasteiger partial charge in [-0.25, -0.2) is 4.39 Å². The number of carbonyl (C=O) groups excluding carboxylic acids is 4. The van der Waals surface area contributed by atoms with Gasteiger partial charge in [-0.3, -0.25) is 34.3 Å². The van der Waals surface area contributed by atoms with Crippen LogP contribution in [-0.4, -0.2) is 100 Å². The van der Waals surface area contributed by atoms with E-state index in [0.717, 1.165) is 89.9 Å². The SMILES string of the molecule is O=C1CCC(N2C(=O)c3cc(F)c(N4CC5CC4CN5CC4CCN(c5ccc(C(=C(CCCl)c6ccc(O)cc6)c6ccc(O)cc6)cc5)CC4)cc3C2=O)C(=O)N1. The summed E-state index contributed by atoms with van der Waals surface area (Å²) in [5, 5.41) is 22.2. The molecular weight excluding hydrogens is 773 g/mol. The Morgan fingerprint density at radius 3 is 1.97 bits per heavy atom. The largest absolute Gasteiger partial charge is 0.508 e. The standard InChI is InChI=1S/C46H45ClFN5O6/c47-18-15-36(28-3-9-34(54)10-4-28)43(30-5-11-35(55)12-6-30)29-1-7-31(8-2-29)50-19-16-27(17-20-50)24-51-25-33-21-32(51)26-52(33)41-23-38-37(22-39(41)48)45(58)53(46(38)59)40-13-14-42(56)49-44(40)57/h1-12,22-23,27,32-33,40,54-55H,13-21,24-26H2,(H,49,56,57). The maximum absolute atomic E-state index is 15.7. The van der Waals surface area contributed by atoms with Crippen LogP contribution in [0.4, 0.5) is 15.8 Å². The number of piperidine rings is 2. The number of fused-ring (bicyclic) bond motifs is 3. The highest BCUT2D eigenvalue weighted by Gasteiger charge is 2.48. The summed E-state index contributed by atoms with van der Waals surface area (Å²) in [6.45, 7) is 4.28. The number of nitrogens with one attached hydrogen (secondary N) is 1. The Morgan fingerprint density at radius 2 is 1.37 bits per heavy atom. The molecule has 4 amide bonds. The Balaban J connectivity index is 0.834. The van der Waals surface area contributed by atoms with Crippen molar-refractivity contribution in [2.45, 2.75) is 56.7 Å². The van der Waals surface area contributed by atoms with Gasteiger partial charge in [0.25, 0.3) is 11.8 Å². The predicted octanol–water partition coefficient (Wildman–Crippen LogP) is 6.41. The lowest BCUT2D eigenvalue weighted by atomic mass is 9.88. The van der Waals surface area contributed by atoms with E-state index in [2.05, 4.69) is 39.4 Å². The molecular formula is C46H45ClFN5O6. The fourth-order valence-electron chi connectivity index (χ4n) is 9.83. The lowest BCUT2D eigenvalue weighted by Crippen LogP contribution is -2.54. The van der Waals surface area contributed by atoms with Crippen molar-refractivity contribution in [2.75, 3.05) is 48.4 Å². The molecule has 0 radical (unpaired) electrons. The van der Waals surface area contributed by atoms with Crippen LogP contribution in [0, 0.1) is 11.7 Å². The van der Waals surface area contributed by atoms with Gasteiger partial charge < -0.3 is 20.0 Å². The van der Waals surface area contributed by atoms with Gasteiger partial charge in [0.1, 0.15) is 23.4 Å². The maximum atomic E-state index is 15.7. The molecule has 3 atom stereocenters. The number of benzene rings is 4. The summed E-state index contributed by atoms with van der Waals surface area (Å²) in [5.41, 5.74) is 6.57. The molecule has 3 unspecified atom stereocenters. The third-order valence-corrected chi connectivity index (χ3v) is 13.0. The van der Waals surface area contributed by atoms with Crippen LogP contribution < -0.4 is 15.1 Å². The minimum atomic E-state index is -1.10. The van der Waals surface area contributed by atoms with Crippen LogP contribution in [0.5, 0.6) is 11.5 Å². The van der Waals surface area contributed by atoms with Crippen LogP contribution in [0.15, 0.2) is 84.9 Å². The third-order valence-electron chi connectivity index (χ3n) is 12.8. The van der Waals surface area contributed by atoms with Crippen LogP contribution in [0.3, 0.4) is 0 Å². The molecule has 5 aliphatic heterocycles. The first-order chi connectivity index (χ1) is 28.6. The van der Waals surface area contributed by atoms with Crippen molar-refractivity contribution in [2.24, 2.45) is 5.92 Å². The van der Waals surface area contributed by atoms with E-state index >= 15 is 4.39 Å². The minimum Gasteiger partial charge on any atom is -0.508 e. The summed E-state index contributed by atoms with van der Waals surface area (Å²) >= 11 is 6.34. The highest BCUT2D eigenvalue weighted by molar-refractivity contribution is 6.24. The van der Waals surface area contributed by atoms with Gasteiger partial charge in [0, 0.05) is 62.8 Å². The van der Waals surface area contributed by atoms with E-state index in [1.165, 1.54) is 6.07 Å². The first-order valence-electron chi connectivity index (χ1n) is 20.4. The van der Waals surface area contributed by atoms with Crippen molar-refractivity contribution in [1.82, 2.24) is 15.1 Å². The molecule has 2 bridgehead atoms. The van der Waals surface area contributed by atoms with Crippen LogP contribution in [0.1, 0.15) is 75.9 Å². The molecule has 5 heterocycles. The molecule has 0 saturated carbocycles. The Hall–Kier alpha value is -5.72. The Bertz CT molecular complexity index is 2350. The zero-order valence-corrected chi connectivity index (χ0v) is 33.2. The molecule has 13 heteroatoms. The topological polar surface area (TPSA) is 134 Å². The number of aromatic hydroxyl groups is 2. The Kier molecular flexibility index (Phi) is 10.4. The monoisotopic (exact) mass is 817 g/mol. The Labute approximate surface area is 346 Å². The molecule has 4 saturated heterocycles. The number of allylic oxidation sites excluding steroid dienone is 1. The number of phenols is 2. The van der Waals surface area contributed by atoms with Crippen LogP contribution in [0.25, 0.3) is 11.1 Å². The predicted molar refractivity (Wildman–Crippen MR) is 223 cm³/mol. The summed E-state index contributed by atoms with van der Waals surface area (Å²) in [4.78, 5) is 58.7. The second-order valence-electron chi connectivity index (χ2n) is 16.3. The van der Waals surface area contributed by atoms with Crippen LogP contribution in [0.2, 0.25) is 0 Å². The van der Waals surface area contributed by atoms with Crippen molar-refractivity contribution >= 4 is 57.8 Å². The summed E-state index contributed by atoms with van der Waals surface area (Å²) < 4.78 is 15.7. The molecule has 304 valence electrons. The quantitative estimate of drug-likeness (QED) is 0.0945. The maximum Gasteiger partial charge on any atom is 0.262 e. The summed E-state index contributed by atoms with van der Waals surface area (Å²) in [6, 6.07) is 24.9. The van der Waals surface area contributed by atoms with Gasteiger partial charge in [0.15, 0.2) is 0 Å². The summed E-state index contributed by atoms with van der Waals surface area (Å²) in [6.07, 6.45) is 3.70. The van der Waals surface area contributed by atoms with Gasteiger partial charge in [0.05, 0.1) is 16.8 Å². The van der Waals surface area contributed by atoms with Gasteiger partial charge in [-0.15, -0.1) is 11.6 Å². The van der Waals surface area contributed by atoms with E-state index in [0.29, 0.717) is 30.5 Å². The fourth-order valence-corrected chi connectivity index (χ4v) is 10.0. The van der Waals surface area contributed by atoms with E-state index in [9.17, 15) is 29.4 Å². The van der Waals surface area contributed by atoms with Gasteiger partial charge in [-0.2, -0.15) is 0 Å². The number of rotatable bonds is 10. The number of hydrogen-bond acceptors (Lipinski definition) is 9. The molecule has 0 aromatic heterocycles. The average Bonchev–Trinajstić information content (AvgIpc) is 3.90. The molecule has 0 spiro atoms. The highest BCUT2D eigenvalue weighted by Crippen LogP contribution is 2.41. The van der Waals surface area contributed by atoms with E-state index < -0.39 is 35.5 Å². The number of anilines is 2. The summed E-state index contributed by atoms with van der Waals surface area (Å²) in [7, 11) is 0. The molecule has 11 nitrogen and oxygen atoms in total. The number of carbonyl (C=O) groups is 4. The zero-order chi connectivity index (χ0) is 40.9. The van der Waals surface area contributed by atoms with Crippen molar-refractivity contribution in [3.05, 3.63) is 119 Å². The molecule has 4 aromatic carbocycles. The van der Waals surface area contributed by atoms with Crippen molar-refractivity contribution in [1.29, 1.82) is 0 Å². The number of hydrogen-bond donors (Lipinski definition) is 3. The zero-order valence-electron chi connectivity index (χ0n) is 32.4. The molecule has 3 N–H and O–H groups in total. The highest BCUT2D eigenvalue weighted by atomic mass is 35.5. The second-order valence-corrected chi connectivity index (χ2v) is 16.7. The van der Waals surface area contributed by atoms with Crippen LogP contribution in [-0.2, 0) is 9.59 Å². The van der Waals surface area contributed by atoms with E-state index in [1.54, 1.807) is 24.3 Å². The molecule has 4 aromatic rings. The lowest BCUT2D eigenvalue weighted by molar-refractivity contribution is -0.136. The fraction of sp³-hybridized carbons (Fsp3) is 0.348. The van der Waals surface area contributed by atoms with Gasteiger partial charge in [0.2, 0.25) is 11.8 Å². The molecule has 59 heavy (non-hydrogen) atoms. The second kappa shape index (κ2) is 15.8. The van der Waals surface area contributed by atoms with Gasteiger partial charge >= 0.3 is 0 Å². The number of phenolic OH excluding ortho intramolecular Hbond substituents is 2. The number of imide groups is 2. The number of alkyl halides is 1. The van der Waals surface area contributed by atoms with E-state index in [1.807, 2.05) is 29.2 Å². The first kappa shape index (κ1) is 38.8. The number of likely N-dealkylation sites (tertiary alicyclic amines) is 1. The summed E-state index contributed by atoms with van der Waals surface area (Å²) in [5.74, 6) is -1.69. The van der Waals surface area contributed by atoms with Crippen molar-refractivity contribution < 1.29 is 33.8 Å².